The van der Waals surface area contributed by atoms with Crippen LogP contribution in [0.2, 0.25) is 0 Å². The zero-order valence-electron chi connectivity index (χ0n) is 12.9. The monoisotopic (exact) mass is 259 g/mol. The van der Waals surface area contributed by atoms with Gasteiger partial charge in [0.15, 0.2) is 0 Å². The van der Waals surface area contributed by atoms with Gasteiger partial charge >= 0.3 is 0 Å². The molecule has 1 fully saturated rings. The fourth-order valence-corrected chi connectivity index (χ4v) is 3.63. The Morgan fingerprint density at radius 1 is 1.21 bits per heavy atom. The average molecular weight is 259 g/mol. The van der Waals surface area contributed by atoms with Gasteiger partial charge in [-0.2, -0.15) is 0 Å². The topological polar surface area (TPSA) is 12.0 Å². The maximum atomic E-state index is 3.55. The van der Waals surface area contributed by atoms with Gasteiger partial charge in [-0.05, 0) is 68.5 Å². The number of benzene rings is 1. The minimum atomic E-state index is 0.703. The van der Waals surface area contributed by atoms with Crippen LogP contribution in [0.15, 0.2) is 24.3 Å². The molecule has 1 aromatic rings. The number of hydrogen-bond donors (Lipinski definition) is 1. The molecule has 0 aromatic heterocycles. The van der Waals surface area contributed by atoms with E-state index >= 15 is 0 Å². The molecule has 1 aliphatic rings. The lowest BCUT2D eigenvalue weighted by molar-refractivity contribution is 0.172. The van der Waals surface area contributed by atoms with Crippen molar-refractivity contribution in [3.8, 4) is 0 Å². The van der Waals surface area contributed by atoms with E-state index in [0.717, 1.165) is 17.8 Å². The quantitative estimate of drug-likeness (QED) is 0.854. The molecular weight excluding hydrogens is 230 g/mol. The standard InChI is InChI=1S/C18H29N/c1-13(2)15-9-10-18(19-4)17(11-15)12-16-8-6-5-7-14(16)3/h5-8,13,15,17-19H,9-12H2,1-4H3. The van der Waals surface area contributed by atoms with Gasteiger partial charge in [-0.1, -0.05) is 38.1 Å². The highest BCUT2D eigenvalue weighted by atomic mass is 14.9. The highest BCUT2D eigenvalue weighted by molar-refractivity contribution is 5.26. The Labute approximate surface area is 118 Å². The Hall–Kier alpha value is -0.820. The van der Waals surface area contributed by atoms with Crippen LogP contribution in [-0.2, 0) is 6.42 Å². The van der Waals surface area contributed by atoms with Crippen molar-refractivity contribution < 1.29 is 0 Å². The summed E-state index contributed by atoms with van der Waals surface area (Å²) in [6.07, 6.45) is 5.36. The van der Waals surface area contributed by atoms with Crippen LogP contribution in [0.25, 0.3) is 0 Å². The summed E-state index contributed by atoms with van der Waals surface area (Å²) in [5, 5.41) is 3.55. The van der Waals surface area contributed by atoms with Crippen LogP contribution in [0.3, 0.4) is 0 Å². The third-order valence-electron chi connectivity index (χ3n) is 5.08. The Kier molecular flexibility index (Phi) is 5.04. The summed E-state index contributed by atoms with van der Waals surface area (Å²) in [4.78, 5) is 0. The molecule has 3 unspecified atom stereocenters. The van der Waals surface area contributed by atoms with E-state index in [1.807, 2.05) is 0 Å². The van der Waals surface area contributed by atoms with E-state index in [0.29, 0.717) is 6.04 Å². The predicted molar refractivity (Wildman–Crippen MR) is 83.4 cm³/mol. The first-order chi connectivity index (χ1) is 9.11. The molecule has 0 bridgehead atoms. The summed E-state index contributed by atoms with van der Waals surface area (Å²) in [6, 6.07) is 9.58. The molecule has 0 aliphatic heterocycles. The maximum Gasteiger partial charge on any atom is 0.00957 e. The first-order valence-corrected chi connectivity index (χ1v) is 7.83. The van der Waals surface area contributed by atoms with Crippen molar-refractivity contribution >= 4 is 0 Å². The van der Waals surface area contributed by atoms with Crippen LogP contribution < -0.4 is 5.32 Å². The van der Waals surface area contributed by atoms with E-state index in [-0.39, 0.29) is 0 Å². The number of hydrogen-bond acceptors (Lipinski definition) is 1. The molecular formula is C18H29N. The molecule has 1 heteroatoms. The van der Waals surface area contributed by atoms with E-state index < -0.39 is 0 Å². The molecule has 1 N–H and O–H groups in total. The number of rotatable bonds is 4. The highest BCUT2D eigenvalue weighted by Crippen LogP contribution is 2.35. The van der Waals surface area contributed by atoms with E-state index in [2.05, 4.69) is 57.4 Å². The second-order valence-electron chi connectivity index (χ2n) is 6.60. The summed E-state index contributed by atoms with van der Waals surface area (Å²) < 4.78 is 0. The maximum absolute atomic E-state index is 3.55. The summed E-state index contributed by atoms with van der Waals surface area (Å²) in [7, 11) is 2.13. The second kappa shape index (κ2) is 6.56. The SMILES string of the molecule is CNC1CCC(C(C)C)CC1Cc1ccccc1C. The summed E-state index contributed by atoms with van der Waals surface area (Å²) in [5.74, 6) is 2.54. The fourth-order valence-electron chi connectivity index (χ4n) is 3.63. The van der Waals surface area contributed by atoms with Gasteiger partial charge in [0, 0.05) is 6.04 Å². The van der Waals surface area contributed by atoms with Gasteiger partial charge in [0.2, 0.25) is 0 Å². The molecule has 19 heavy (non-hydrogen) atoms. The van der Waals surface area contributed by atoms with Crippen molar-refractivity contribution in [2.75, 3.05) is 7.05 Å². The minimum absolute atomic E-state index is 0.703. The van der Waals surface area contributed by atoms with Crippen molar-refractivity contribution in [1.82, 2.24) is 5.32 Å². The summed E-state index contributed by atoms with van der Waals surface area (Å²) in [5.41, 5.74) is 2.99. The van der Waals surface area contributed by atoms with Crippen molar-refractivity contribution in [3.63, 3.8) is 0 Å². The first kappa shape index (κ1) is 14.6. The van der Waals surface area contributed by atoms with Crippen LogP contribution in [0.4, 0.5) is 0 Å². The Balaban J connectivity index is 2.08. The van der Waals surface area contributed by atoms with Gasteiger partial charge in [-0.25, -0.2) is 0 Å². The van der Waals surface area contributed by atoms with E-state index in [9.17, 15) is 0 Å². The minimum Gasteiger partial charge on any atom is -0.317 e. The van der Waals surface area contributed by atoms with Crippen LogP contribution in [0.1, 0.15) is 44.2 Å². The Morgan fingerprint density at radius 3 is 2.58 bits per heavy atom. The third kappa shape index (κ3) is 3.60. The third-order valence-corrected chi connectivity index (χ3v) is 5.08. The van der Waals surface area contributed by atoms with E-state index in [4.69, 9.17) is 0 Å². The van der Waals surface area contributed by atoms with E-state index in [1.54, 1.807) is 0 Å². The molecule has 0 saturated heterocycles. The van der Waals surface area contributed by atoms with Gasteiger partial charge in [-0.15, -0.1) is 0 Å². The van der Waals surface area contributed by atoms with Crippen molar-refractivity contribution in [3.05, 3.63) is 35.4 Å². The molecule has 1 nitrogen and oxygen atoms in total. The fraction of sp³-hybridized carbons (Fsp3) is 0.667. The molecule has 106 valence electrons. The number of aryl methyl sites for hydroxylation is 1. The van der Waals surface area contributed by atoms with Crippen molar-refractivity contribution in [1.29, 1.82) is 0 Å². The van der Waals surface area contributed by atoms with Gasteiger partial charge < -0.3 is 5.32 Å². The van der Waals surface area contributed by atoms with Crippen molar-refractivity contribution in [2.45, 2.75) is 52.5 Å². The normalized spacial score (nSPS) is 27.7. The van der Waals surface area contributed by atoms with Crippen molar-refractivity contribution in [2.24, 2.45) is 17.8 Å². The molecule has 1 aliphatic carbocycles. The number of nitrogens with one attached hydrogen (secondary N) is 1. The summed E-state index contributed by atoms with van der Waals surface area (Å²) in [6.45, 7) is 7.01. The first-order valence-electron chi connectivity index (χ1n) is 7.83. The average Bonchev–Trinajstić information content (AvgIpc) is 2.41. The molecule has 0 heterocycles. The smallest absolute Gasteiger partial charge is 0.00957 e. The molecule has 0 amide bonds. The van der Waals surface area contributed by atoms with Gasteiger partial charge in [0.05, 0.1) is 0 Å². The molecule has 0 spiro atoms. The molecule has 1 saturated carbocycles. The highest BCUT2D eigenvalue weighted by Gasteiger charge is 2.31. The van der Waals surface area contributed by atoms with Gasteiger partial charge in [-0.3, -0.25) is 0 Å². The Morgan fingerprint density at radius 2 is 1.95 bits per heavy atom. The van der Waals surface area contributed by atoms with E-state index in [1.165, 1.54) is 36.8 Å². The Bertz CT molecular complexity index is 396. The van der Waals surface area contributed by atoms with Crippen LogP contribution in [0.5, 0.6) is 0 Å². The molecule has 2 rings (SSSR count). The molecule has 1 aromatic carbocycles. The van der Waals surface area contributed by atoms with Gasteiger partial charge in [0.1, 0.15) is 0 Å². The second-order valence-corrected chi connectivity index (χ2v) is 6.60. The van der Waals surface area contributed by atoms with Crippen LogP contribution in [0, 0.1) is 24.7 Å². The zero-order chi connectivity index (χ0) is 13.8. The lowest BCUT2D eigenvalue weighted by atomic mass is 9.71. The largest absolute Gasteiger partial charge is 0.317 e. The zero-order valence-corrected chi connectivity index (χ0v) is 12.9. The lowest BCUT2D eigenvalue weighted by Gasteiger charge is -2.38. The van der Waals surface area contributed by atoms with Crippen LogP contribution in [-0.4, -0.2) is 13.1 Å². The van der Waals surface area contributed by atoms with Gasteiger partial charge in [0.25, 0.3) is 0 Å². The predicted octanol–water partition coefficient (Wildman–Crippen LogP) is 4.20. The molecule has 3 atom stereocenters. The molecule has 0 radical (unpaired) electrons. The summed E-state index contributed by atoms with van der Waals surface area (Å²) >= 11 is 0. The lowest BCUT2D eigenvalue weighted by Crippen LogP contribution is -2.40. The van der Waals surface area contributed by atoms with Crippen LogP contribution >= 0.6 is 0 Å².